The van der Waals surface area contributed by atoms with E-state index in [-0.39, 0.29) is 10.8 Å². The van der Waals surface area contributed by atoms with Crippen molar-refractivity contribution in [3.63, 3.8) is 0 Å². The maximum Gasteiger partial charge on any atom is 0.242 e. The summed E-state index contributed by atoms with van der Waals surface area (Å²) in [5.74, 6) is -0.313. The van der Waals surface area contributed by atoms with Gasteiger partial charge in [-0.3, -0.25) is 4.79 Å². The van der Waals surface area contributed by atoms with E-state index in [1.54, 1.807) is 4.68 Å². The van der Waals surface area contributed by atoms with Crippen LogP contribution in [0.2, 0.25) is 0 Å². The molecule has 3 aromatic carbocycles. The van der Waals surface area contributed by atoms with E-state index >= 15 is 0 Å². The number of primary sulfonamides is 1. The van der Waals surface area contributed by atoms with Gasteiger partial charge in [-0.1, -0.05) is 60.3 Å². The van der Waals surface area contributed by atoms with E-state index in [9.17, 15) is 13.2 Å². The number of nitrogens with two attached hydrogens (primary N) is 1. The molecule has 162 valence electrons. The molecule has 0 spiro atoms. The summed E-state index contributed by atoms with van der Waals surface area (Å²) in [6.45, 7) is 0. The Bertz CT molecular complexity index is 1310. The molecule has 0 saturated carbocycles. The van der Waals surface area contributed by atoms with Crippen molar-refractivity contribution in [3.05, 3.63) is 90.5 Å². The third kappa shape index (κ3) is 5.02. The summed E-state index contributed by atoms with van der Waals surface area (Å²) in [5.41, 5.74) is 1.97. The minimum atomic E-state index is -3.81. The lowest BCUT2D eigenvalue weighted by Crippen LogP contribution is -2.20. The molecule has 0 saturated heterocycles. The molecule has 0 aliphatic heterocycles. The van der Waals surface area contributed by atoms with Gasteiger partial charge in [-0.15, -0.1) is 5.10 Å². The summed E-state index contributed by atoms with van der Waals surface area (Å²) in [5, 5.41) is 19.6. The second-order valence-electron chi connectivity index (χ2n) is 6.68. The number of carbonyl (C=O) groups excluding carboxylic acids is 1. The SMILES string of the molecule is NS(=O)(=O)c1ccc(NC(=O)[C@H](Sc2nnnn2-c2ccccc2)c2ccccc2)cc1. The number of aromatic nitrogens is 4. The lowest BCUT2D eigenvalue weighted by molar-refractivity contribution is -0.115. The number of anilines is 1. The van der Waals surface area contributed by atoms with Crippen LogP contribution in [0.4, 0.5) is 5.69 Å². The van der Waals surface area contributed by atoms with Crippen LogP contribution in [0.15, 0.2) is 95.0 Å². The van der Waals surface area contributed by atoms with E-state index in [0.29, 0.717) is 10.8 Å². The molecule has 0 aliphatic rings. The molecule has 1 heterocycles. The zero-order chi connectivity index (χ0) is 22.6. The molecule has 0 radical (unpaired) electrons. The molecule has 1 aromatic heterocycles. The number of hydrogen-bond donors (Lipinski definition) is 2. The Hall–Kier alpha value is -3.54. The van der Waals surface area contributed by atoms with E-state index < -0.39 is 15.3 Å². The monoisotopic (exact) mass is 466 g/mol. The fraction of sp³-hybridized carbons (Fsp3) is 0.0476. The molecule has 0 unspecified atom stereocenters. The van der Waals surface area contributed by atoms with Gasteiger partial charge in [0.15, 0.2) is 0 Å². The van der Waals surface area contributed by atoms with Crippen LogP contribution in [0.3, 0.4) is 0 Å². The fourth-order valence-electron chi connectivity index (χ4n) is 2.93. The van der Waals surface area contributed by atoms with Crippen molar-refractivity contribution in [1.82, 2.24) is 20.2 Å². The number of nitrogens with one attached hydrogen (secondary N) is 1. The summed E-state index contributed by atoms with van der Waals surface area (Å²) in [6.07, 6.45) is 0. The first kappa shape index (κ1) is 21.7. The van der Waals surface area contributed by atoms with Gasteiger partial charge in [0.25, 0.3) is 0 Å². The first-order chi connectivity index (χ1) is 15.4. The largest absolute Gasteiger partial charge is 0.325 e. The van der Waals surface area contributed by atoms with E-state index in [2.05, 4.69) is 20.8 Å². The zero-order valence-electron chi connectivity index (χ0n) is 16.6. The highest BCUT2D eigenvalue weighted by Crippen LogP contribution is 2.35. The predicted octanol–water partition coefficient (Wildman–Crippen LogP) is 2.78. The number of thioether (sulfide) groups is 1. The van der Waals surface area contributed by atoms with Crippen molar-refractivity contribution in [2.45, 2.75) is 15.3 Å². The molecule has 4 rings (SSSR count). The van der Waals surface area contributed by atoms with Crippen molar-refractivity contribution in [2.24, 2.45) is 5.14 Å². The second-order valence-corrected chi connectivity index (χ2v) is 9.31. The molecule has 0 aliphatic carbocycles. The average Bonchev–Trinajstić information content (AvgIpc) is 3.27. The van der Waals surface area contributed by atoms with Crippen molar-refractivity contribution >= 4 is 33.4 Å². The number of benzene rings is 3. The minimum absolute atomic E-state index is 0.0356. The van der Waals surface area contributed by atoms with Gasteiger partial charge in [0.2, 0.25) is 21.1 Å². The molecule has 0 bridgehead atoms. The Balaban J connectivity index is 1.61. The van der Waals surface area contributed by atoms with E-state index in [0.717, 1.165) is 11.3 Å². The molecule has 1 amide bonds. The van der Waals surface area contributed by atoms with Gasteiger partial charge >= 0.3 is 0 Å². The van der Waals surface area contributed by atoms with Crippen LogP contribution in [0, 0.1) is 0 Å². The highest BCUT2D eigenvalue weighted by atomic mass is 32.2. The maximum atomic E-state index is 13.2. The van der Waals surface area contributed by atoms with Gasteiger partial charge < -0.3 is 5.32 Å². The molecule has 9 nitrogen and oxygen atoms in total. The van der Waals surface area contributed by atoms with E-state index in [4.69, 9.17) is 5.14 Å². The molecule has 0 fully saturated rings. The van der Waals surface area contributed by atoms with Crippen LogP contribution in [0.25, 0.3) is 5.69 Å². The van der Waals surface area contributed by atoms with Gasteiger partial charge in [0.05, 0.1) is 10.6 Å². The number of hydrogen-bond acceptors (Lipinski definition) is 7. The number of para-hydroxylation sites is 1. The van der Waals surface area contributed by atoms with Crippen LogP contribution >= 0.6 is 11.8 Å². The van der Waals surface area contributed by atoms with Crippen molar-refractivity contribution in [1.29, 1.82) is 0 Å². The van der Waals surface area contributed by atoms with Crippen molar-refractivity contribution in [2.75, 3.05) is 5.32 Å². The lowest BCUT2D eigenvalue weighted by Gasteiger charge is -2.16. The number of amides is 1. The lowest BCUT2D eigenvalue weighted by atomic mass is 10.1. The average molecular weight is 467 g/mol. The standard InChI is InChI=1S/C21H18N6O3S2/c22-32(29,30)18-13-11-16(12-14-18)23-20(28)19(15-7-3-1-4-8-15)31-21-24-25-26-27(21)17-9-5-2-6-10-17/h1-14,19H,(H,23,28)(H2,22,29,30)/t19-/m1/s1. The van der Waals surface area contributed by atoms with Gasteiger partial charge in [0.1, 0.15) is 5.25 Å². The summed E-state index contributed by atoms with van der Waals surface area (Å²) in [6, 6.07) is 24.3. The molecular formula is C21H18N6O3S2. The Morgan fingerprint density at radius 2 is 1.56 bits per heavy atom. The first-order valence-corrected chi connectivity index (χ1v) is 11.8. The normalized spacial score (nSPS) is 12.3. The molecular weight excluding hydrogens is 448 g/mol. The van der Waals surface area contributed by atoms with Gasteiger partial charge in [-0.05, 0) is 52.4 Å². The van der Waals surface area contributed by atoms with Crippen LogP contribution in [-0.2, 0) is 14.8 Å². The molecule has 11 heteroatoms. The molecule has 32 heavy (non-hydrogen) atoms. The maximum absolute atomic E-state index is 13.2. The Morgan fingerprint density at radius 1 is 0.938 bits per heavy atom. The summed E-state index contributed by atoms with van der Waals surface area (Å²) < 4.78 is 24.5. The van der Waals surface area contributed by atoms with Gasteiger partial charge in [0, 0.05) is 5.69 Å². The van der Waals surface area contributed by atoms with Crippen molar-refractivity contribution < 1.29 is 13.2 Å². The quantitative estimate of drug-likeness (QED) is 0.400. The summed E-state index contributed by atoms with van der Waals surface area (Å²) in [4.78, 5) is 13.2. The Morgan fingerprint density at radius 3 is 2.19 bits per heavy atom. The van der Waals surface area contributed by atoms with E-state index in [1.165, 1.54) is 36.0 Å². The van der Waals surface area contributed by atoms with E-state index in [1.807, 2.05) is 60.7 Å². The van der Waals surface area contributed by atoms with Crippen molar-refractivity contribution in [3.8, 4) is 5.69 Å². The number of tetrazole rings is 1. The summed E-state index contributed by atoms with van der Waals surface area (Å²) >= 11 is 1.20. The van der Waals surface area contributed by atoms with Crippen LogP contribution in [0.5, 0.6) is 0 Å². The van der Waals surface area contributed by atoms with Gasteiger partial charge in [-0.2, -0.15) is 4.68 Å². The molecule has 1 atom stereocenters. The zero-order valence-corrected chi connectivity index (χ0v) is 18.2. The Kier molecular flexibility index (Phi) is 6.30. The third-order valence-electron chi connectivity index (χ3n) is 4.46. The minimum Gasteiger partial charge on any atom is -0.325 e. The smallest absolute Gasteiger partial charge is 0.242 e. The number of sulfonamides is 1. The highest BCUT2D eigenvalue weighted by molar-refractivity contribution is 8.00. The predicted molar refractivity (Wildman–Crippen MR) is 121 cm³/mol. The Labute approximate surface area is 188 Å². The second kappa shape index (κ2) is 9.30. The molecule has 3 N–H and O–H groups in total. The number of carbonyl (C=O) groups is 1. The van der Waals surface area contributed by atoms with Crippen LogP contribution < -0.4 is 10.5 Å². The topological polar surface area (TPSA) is 133 Å². The van der Waals surface area contributed by atoms with Crippen LogP contribution in [-0.4, -0.2) is 34.5 Å². The number of nitrogens with zero attached hydrogens (tertiary/aromatic N) is 4. The van der Waals surface area contributed by atoms with Gasteiger partial charge in [-0.25, -0.2) is 13.6 Å². The fourth-order valence-corrected chi connectivity index (χ4v) is 4.44. The first-order valence-electron chi connectivity index (χ1n) is 9.41. The molecule has 4 aromatic rings. The summed E-state index contributed by atoms with van der Waals surface area (Å²) in [7, 11) is -3.81. The third-order valence-corrected chi connectivity index (χ3v) is 6.57. The number of rotatable bonds is 7. The van der Waals surface area contributed by atoms with Crippen LogP contribution in [0.1, 0.15) is 10.8 Å². The highest BCUT2D eigenvalue weighted by Gasteiger charge is 2.25.